The van der Waals surface area contributed by atoms with Gasteiger partial charge in [-0.15, -0.1) is 0 Å². The van der Waals surface area contributed by atoms with Crippen LogP contribution in [0.4, 0.5) is 0 Å². The maximum atomic E-state index is 10.3. The third kappa shape index (κ3) is 1.97. The van der Waals surface area contributed by atoms with Crippen LogP contribution in [-0.4, -0.2) is 21.2 Å². The van der Waals surface area contributed by atoms with E-state index in [1.807, 2.05) is 0 Å². The van der Waals surface area contributed by atoms with Gasteiger partial charge in [0.2, 0.25) is 0 Å². The predicted molar refractivity (Wildman–Crippen MR) is 48.0 cm³/mol. The van der Waals surface area contributed by atoms with Crippen molar-refractivity contribution in [3.8, 4) is 0 Å². The molecule has 0 spiro atoms. The van der Waals surface area contributed by atoms with E-state index in [1.54, 1.807) is 6.20 Å². The molecular weight excluding hydrogens is 202 g/mol. The normalized spacial score (nSPS) is 10.0. The van der Waals surface area contributed by atoms with E-state index in [0.29, 0.717) is 22.2 Å². The molecule has 0 N–H and O–H groups in total. The Balaban J connectivity index is 2.14. The van der Waals surface area contributed by atoms with Crippen LogP contribution < -0.4 is 0 Å². The Hall–Kier alpha value is -1.69. The summed E-state index contributed by atoms with van der Waals surface area (Å²) in [5.74, 6) is 0. The lowest BCUT2D eigenvalue weighted by atomic mass is 10.4. The van der Waals surface area contributed by atoms with Crippen LogP contribution in [0, 0.1) is 0 Å². The van der Waals surface area contributed by atoms with Gasteiger partial charge in [-0.3, -0.25) is 4.79 Å². The van der Waals surface area contributed by atoms with Crippen molar-refractivity contribution in [1.29, 1.82) is 0 Å². The summed E-state index contributed by atoms with van der Waals surface area (Å²) in [5, 5.41) is 0.974. The number of rotatable bonds is 3. The Labute approximate surface area is 83.6 Å². The molecule has 0 saturated carbocycles. The number of hydrogen-bond donors (Lipinski definition) is 0. The van der Waals surface area contributed by atoms with Crippen LogP contribution in [0.15, 0.2) is 39.7 Å². The fourth-order valence-electron chi connectivity index (χ4n) is 0.779. The second-order valence-corrected chi connectivity index (χ2v) is 3.24. The van der Waals surface area contributed by atoms with Crippen LogP contribution in [0.25, 0.3) is 0 Å². The Kier molecular flexibility index (Phi) is 2.55. The van der Waals surface area contributed by atoms with Crippen molar-refractivity contribution in [3.05, 3.63) is 30.4 Å². The van der Waals surface area contributed by atoms with E-state index in [4.69, 9.17) is 4.42 Å². The minimum atomic E-state index is 0.446. The molecule has 0 amide bonds. The summed E-state index contributed by atoms with van der Waals surface area (Å²) in [7, 11) is 0. The summed E-state index contributed by atoms with van der Waals surface area (Å²) in [4.78, 5) is 22.1. The van der Waals surface area contributed by atoms with Crippen LogP contribution in [0.2, 0.25) is 0 Å². The Morgan fingerprint density at radius 3 is 2.64 bits per heavy atom. The molecule has 0 bridgehead atoms. The first-order valence-corrected chi connectivity index (χ1v) is 4.55. The highest BCUT2D eigenvalue weighted by molar-refractivity contribution is 7.98. The van der Waals surface area contributed by atoms with Gasteiger partial charge in [0.05, 0.1) is 11.8 Å². The molecule has 0 aromatic carbocycles. The number of hydrogen-bond acceptors (Lipinski definition) is 6. The first-order chi connectivity index (χ1) is 6.88. The molecule has 0 aliphatic heterocycles. The molecule has 2 rings (SSSR count). The number of carbonyl (C=O) groups is 1. The Morgan fingerprint density at radius 1 is 1.29 bits per heavy atom. The fraction of sp³-hybridized carbons (Fsp3) is 0. The van der Waals surface area contributed by atoms with Crippen LogP contribution in [-0.2, 0) is 0 Å². The molecule has 14 heavy (non-hydrogen) atoms. The maximum absolute atomic E-state index is 10.3. The molecule has 2 heterocycles. The van der Waals surface area contributed by atoms with E-state index in [9.17, 15) is 4.79 Å². The Bertz CT molecular complexity index is 413. The molecule has 0 aliphatic carbocycles. The minimum absolute atomic E-state index is 0.446. The number of carbonyl (C=O) groups excluding carboxylic acids is 1. The lowest BCUT2D eigenvalue weighted by Crippen LogP contribution is -1.88. The van der Waals surface area contributed by atoms with Crippen LogP contribution in [0.5, 0.6) is 0 Å². The maximum Gasteiger partial charge on any atom is 0.263 e. The van der Waals surface area contributed by atoms with Crippen LogP contribution >= 0.6 is 11.8 Å². The smallest absolute Gasteiger partial charge is 0.263 e. The summed E-state index contributed by atoms with van der Waals surface area (Å²) < 4.78 is 5.00. The van der Waals surface area contributed by atoms with Gasteiger partial charge in [-0.05, 0) is 0 Å². The van der Waals surface area contributed by atoms with E-state index >= 15 is 0 Å². The van der Waals surface area contributed by atoms with Gasteiger partial charge in [0.1, 0.15) is 6.26 Å². The summed E-state index contributed by atoms with van der Waals surface area (Å²) in [6.45, 7) is 0. The molecule has 2 aromatic heterocycles. The lowest BCUT2D eigenvalue weighted by Gasteiger charge is -1.94. The van der Waals surface area contributed by atoms with E-state index in [-0.39, 0.29) is 0 Å². The highest BCUT2D eigenvalue weighted by atomic mass is 32.2. The van der Waals surface area contributed by atoms with E-state index in [0.717, 1.165) is 0 Å². The van der Waals surface area contributed by atoms with Crippen LogP contribution in [0.3, 0.4) is 0 Å². The van der Waals surface area contributed by atoms with Crippen molar-refractivity contribution in [2.45, 2.75) is 10.4 Å². The second kappa shape index (κ2) is 4.01. The lowest BCUT2D eigenvalue weighted by molar-refractivity contribution is 0.112. The standard InChI is InChI=1S/C8H5N3O2S/c12-5-6-3-10-7(11-4-6)14-8-9-1-2-13-8/h1-5H. The highest BCUT2D eigenvalue weighted by Gasteiger charge is 2.03. The monoisotopic (exact) mass is 207 g/mol. The first kappa shape index (κ1) is 8.89. The van der Waals surface area contributed by atoms with Crippen molar-refractivity contribution >= 4 is 18.0 Å². The molecule has 70 valence electrons. The topological polar surface area (TPSA) is 68.9 Å². The molecule has 0 fully saturated rings. The van der Waals surface area contributed by atoms with Crippen molar-refractivity contribution in [1.82, 2.24) is 15.0 Å². The minimum Gasteiger partial charge on any atom is -0.440 e. The van der Waals surface area contributed by atoms with Gasteiger partial charge in [0, 0.05) is 24.2 Å². The third-order valence-corrected chi connectivity index (χ3v) is 2.14. The van der Waals surface area contributed by atoms with Crippen LogP contribution in [0.1, 0.15) is 10.4 Å². The predicted octanol–water partition coefficient (Wildman–Crippen LogP) is 1.43. The Morgan fingerprint density at radius 2 is 2.07 bits per heavy atom. The van der Waals surface area contributed by atoms with Crippen molar-refractivity contribution in [2.24, 2.45) is 0 Å². The molecule has 0 saturated heterocycles. The van der Waals surface area contributed by atoms with Gasteiger partial charge >= 0.3 is 0 Å². The average Bonchev–Trinajstić information content (AvgIpc) is 2.72. The summed E-state index contributed by atoms with van der Waals surface area (Å²) in [6.07, 6.45) is 6.61. The number of nitrogens with zero attached hydrogens (tertiary/aromatic N) is 3. The zero-order valence-electron chi connectivity index (χ0n) is 6.95. The number of oxazole rings is 1. The number of aldehydes is 1. The van der Waals surface area contributed by atoms with Gasteiger partial charge < -0.3 is 4.42 Å². The van der Waals surface area contributed by atoms with Gasteiger partial charge in [-0.1, -0.05) is 0 Å². The van der Waals surface area contributed by atoms with E-state index in [1.165, 1.54) is 30.4 Å². The summed E-state index contributed by atoms with van der Waals surface area (Å²) in [5.41, 5.74) is 0.446. The fourth-order valence-corrected chi connectivity index (χ4v) is 1.36. The molecular formula is C8H5N3O2S. The zero-order valence-corrected chi connectivity index (χ0v) is 7.77. The number of aromatic nitrogens is 3. The van der Waals surface area contributed by atoms with E-state index in [2.05, 4.69) is 15.0 Å². The molecule has 0 atom stereocenters. The molecule has 6 heteroatoms. The third-order valence-electron chi connectivity index (χ3n) is 1.37. The largest absolute Gasteiger partial charge is 0.440 e. The first-order valence-electron chi connectivity index (χ1n) is 3.73. The van der Waals surface area contributed by atoms with E-state index < -0.39 is 0 Å². The second-order valence-electron chi connectivity index (χ2n) is 2.32. The molecule has 2 aromatic rings. The molecule has 5 nitrogen and oxygen atoms in total. The van der Waals surface area contributed by atoms with Crippen molar-refractivity contribution in [3.63, 3.8) is 0 Å². The van der Waals surface area contributed by atoms with Gasteiger partial charge in [0.25, 0.3) is 5.22 Å². The van der Waals surface area contributed by atoms with Crippen molar-refractivity contribution in [2.75, 3.05) is 0 Å². The summed E-state index contributed by atoms with van der Waals surface area (Å²) in [6, 6.07) is 0. The van der Waals surface area contributed by atoms with Gasteiger partial charge in [0.15, 0.2) is 11.4 Å². The SMILES string of the molecule is O=Cc1cnc(Sc2ncco2)nc1. The summed E-state index contributed by atoms with van der Waals surface area (Å²) >= 11 is 1.20. The zero-order chi connectivity index (χ0) is 9.80. The molecule has 0 aliphatic rings. The van der Waals surface area contributed by atoms with Gasteiger partial charge in [-0.2, -0.15) is 0 Å². The molecule has 0 radical (unpaired) electrons. The highest BCUT2D eigenvalue weighted by Crippen LogP contribution is 2.21. The van der Waals surface area contributed by atoms with Gasteiger partial charge in [-0.25, -0.2) is 15.0 Å². The van der Waals surface area contributed by atoms with Crippen molar-refractivity contribution < 1.29 is 9.21 Å². The quantitative estimate of drug-likeness (QED) is 0.560. The average molecular weight is 207 g/mol. The molecule has 0 unspecified atom stereocenters.